The molecule has 3 nitrogen and oxygen atoms in total. The third-order valence-electron chi connectivity index (χ3n) is 3.03. The van der Waals surface area contributed by atoms with Crippen molar-refractivity contribution in [2.75, 3.05) is 18.2 Å². The van der Waals surface area contributed by atoms with Gasteiger partial charge in [0.05, 0.1) is 7.11 Å². The largest absolute Gasteiger partial charge is 0.467 e. The van der Waals surface area contributed by atoms with E-state index >= 15 is 0 Å². The van der Waals surface area contributed by atoms with Gasteiger partial charge in [0.15, 0.2) is 0 Å². The van der Waals surface area contributed by atoms with Crippen LogP contribution in [-0.4, -0.2) is 29.6 Å². The summed E-state index contributed by atoms with van der Waals surface area (Å²) in [6.45, 7) is 2.14. The van der Waals surface area contributed by atoms with Gasteiger partial charge in [-0.1, -0.05) is 28.9 Å². The monoisotopic (exact) mass is 329 g/mol. The molecule has 1 aliphatic heterocycles. The van der Waals surface area contributed by atoms with Crippen LogP contribution >= 0.6 is 27.7 Å². The van der Waals surface area contributed by atoms with E-state index in [9.17, 15) is 4.79 Å². The number of rotatable bonds is 3. The van der Waals surface area contributed by atoms with Gasteiger partial charge in [-0.2, -0.15) is 11.8 Å². The molecule has 0 aliphatic carbocycles. The smallest absolute Gasteiger partial charge is 0.332 e. The van der Waals surface area contributed by atoms with E-state index in [1.54, 1.807) is 11.8 Å². The number of esters is 1. The van der Waals surface area contributed by atoms with Gasteiger partial charge in [0.25, 0.3) is 0 Å². The Morgan fingerprint density at radius 3 is 2.94 bits per heavy atom. The van der Waals surface area contributed by atoms with Crippen LogP contribution in [0.2, 0.25) is 0 Å². The van der Waals surface area contributed by atoms with Gasteiger partial charge in [0, 0.05) is 21.2 Å². The lowest BCUT2D eigenvalue weighted by molar-refractivity contribution is -0.145. The quantitative estimate of drug-likeness (QED) is 0.863. The number of ether oxygens (including phenoxy) is 1. The fourth-order valence-corrected chi connectivity index (χ4v) is 3.89. The minimum atomic E-state index is -0.598. The summed E-state index contributed by atoms with van der Waals surface area (Å²) in [6.07, 6.45) is 0.789. The molecule has 2 rings (SSSR count). The van der Waals surface area contributed by atoms with Crippen molar-refractivity contribution in [1.82, 2.24) is 0 Å². The second-order valence-electron chi connectivity index (χ2n) is 4.53. The van der Waals surface area contributed by atoms with Gasteiger partial charge in [-0.05, 0) is 24.6 Å². The first-order valence-corrected chi connectivity index (χ1v) is 7.64. The second-order valence-corrected chi connectivity index (χ2v) is 6.88. The highest BCUT2D eigenvalue weighted by molar-refractivity contribution is 9.10. The van der Waals surface area contributed by atoms with E-state index in [1.807, 2.05) is 24.3 Å². The summed E-state index contributed by atoms with van der Waals surface area (Å²) in [7, 11) is 1.44. The standard InChI is InChI=1S/C13H16BrNO2S/c1-9-7-13(8-18-9,12(16)17-2)15-11-5-3-4-10(14)6-11/h3-6,9,15H,7-8H2,1-2H3. The van der Waals surface area contributed by atoms with Crippen molar-refractivity contribution in [1.29, 1.82) is 0 Å². The highest BCUT2D eigenvalue weighted by Gasteiger charge is 2.45. The minimum Gasteiger partial charge on any atom is -0.467 e. The maximum atomic E-state index is 12.1. The van der Waals surface area contributed by atoms with Crippen molar-refractivity contribution in [3.63, 3.8) is 0 Å². The van der Waals surface area contributed by atoms with Gasteiger partial charge in [0.2, 0.25) is 0 Å². The van der Waals surface area contributed by atoms with E-state index in [1.165, 1.54) is 7.11 Å². The summed E-state index contributed by atoms with van der Waals surface area (Å²) in [5.41, 5.74) is 0.337. The second kappa shape index (κ2) is 5.53. The van der Waals surface area contributed by atoms with Crippen LogP contribution in [0.15, 0.2) is 28.7 Å². The zero-order valence-corrected chi connectivity index (χ0v) is 12.8. The maximum absolute atomic E-state index is 12.1. The molecular formula is C13H16BrNO2S. The van der Waals surface area contributed by atoms with E-state index in [-0.39, 0.29) is 5.97 Å². The number of carbonyl (C=O) groups is 1. The molecule has 1 aliphatic rings. The average Bonchev–Trinajstić information content (AvgIpc) is 2.71. The van der Waals surface area contributed by atoms with E-state index in [0.717, 1.165) is 22.3 Å². The van der Waals surface area contributed by atoms with Crippen molar-refractivity contribution in [2.45, 2.75) is 24.1 Å². The van der Waals surface area contributed by atoms with Crippen LogP contribution in [-0.2, 0) is 9.53 Å². The number of hydrogen-bond donors (Lipinski definition) is 1. The van der Waals surface area contributed by atoms with Crippen molar-refractivity contribution in [2.24, 2.45) is 0 Å². The molecule has 1 saturated heterocycles. The van der Waals surface area contributed by atoms with Crippen molar-refractivity contribution in [3.8, 4) is 0 Å². The Hall–Kier alpha value is -0.680. The van der Waals surface area contributed by atoms with Crippen LogP contribution in [0.25, 0.3) is 0 Å². The van der Waals surface area contributed by atoms with Gasteiger partial charge < -0.3 is 10.1 Å². The number of halogens is 1. The summed E-state index contributed by atoms with van der Waals surface area (Å²) in [5.74, 6) is 0.562. The number of benzene rings is 1. The van der Waals surface area contributed by atoms with Crippen molar-refractivity contribution in [3.05, 3.63) is 28.7 Å². The normalized spacial score (nSPS) is 26.9. The molecule has 0 aromatic heterocycles. The Morgan fingerprint density at radius 1 is 1.61 bits per heavy atom. The van der Waals surface area contributed by atoms with Gasteiger partial charge >= 0.3 is 5.97 Å². The van der Waals surface area contributed by atoms with Crippen LogP contribution < -0.4 is 5.32 Å². The molecule has 1 N–H and O–H groups in total. The highest BCUT2D eigenvalue weighted by Crippen LogP contribution is 2.38. The van der Waals surface area contributed by atoms with E-state index < -0.39 is 5.54 Å². The van der Waals surface area contributed by atoms with Crippen LogP contribution in [0.5, 0.6) is 0 Å². The molecule has 18 heavy (non-hydrogen) atoms. The molecule has 2 unspecified atom stereocenters. The predicted octanol–water partition coefficient (Wildman–Crippen LogP) is 3.30. The Kier molecular flexibility index (Phi) is 4.22. The zero-order chi connectivity index (χ0) is 13.2. The molecule has 0 spiro atoms. The van der Waals surface area contributed by atoms with Crippen LogP contribution in [0, 0.1) is 0 Å². The lowest BCUT2D eigenvalue weighted by Crippen LogP contribution is -2.47. The predicted molar refractivity (Wildman–Crippen MR) is 79.0 cm³/mol. The summed E-state index contributed by atoms with van der Waals surface area (Å²) in [4.78, 5) is 12.1. The molecule has 5 heteroatoms. The SMILES string of the molecule is COC(=O)C1(Nc2cccc(Br)c2)CSC(C)C1. The van der Waals surface area contributed by atoms with Crippen molar-refractivity contribution >= 4 is 39.3 Å². The van der Waals surface area contributed by atoms with Crippen molar-refractivity contribution < 1.29 is 9.53 Å². The Balaban J connectivity index is 2.23. The molecule has 98 valence electrons. The molecule has 1 heterocycles. The topological polar surface area (TPSA) is 38.3 Å². The molecule has 0 saturated carbocycles. The Morgan fingerprint density at radius 2 is 2.39 bits per heavy atom. The van der Waals surface area contributed by atoms with Gasteiger partial charge in [0.1, 0.15) is 5.54 Å². The number of nitrogens with one attached hydrogen (secondary N) is 1. The molecule has 1 fully saturated rings. The first kappa shape index (κ1) is 13.7. The van der Waals surface area contributed by atoms with E-state index in [2.05, 4.69) is 28.2 Å². The third kappa shape index (κ3) is 2.83. The van der Waals surface area contributed by atoms with Crippen LogP contribution in [0.1, 0.15) is 13.3 Å². The lowest BCUT2D eigenvalue weighted by Gasteiger charge is -2.28. The zero-order valence-electron chi connectivity index (χ0n) is 10.4. The molecule has 1 aromatic carbocycles. The van der Waals surface area contributed by atoms with Gasteiger partial charge in [-0.25, -0.2) is 4.79 Å². The first-order valence-electron chi connectivity index (χ1n) is 5.79. The van der Waals surface area contributed by atoms with Crippen LogP contribution in [0.4, 0.5) is 5.69 Å². The van der Waals surface area contributed by atoms with E-state index in [4.69, 9.17) is 4.74 Å². The first-order chi connectivity index (χ1) is 8.55. The summed E-state index contributed by atoms with van der Waals surface area (Å²) < 4.78 is 5.95. The number of carbonyl (C=O) groups excluding carboxylic acids is 1. The fraction of sp³-hybridized carbons (Fsp3) is 0.462. The van der Waals surface area contributed by atoms with Crippen LogP contribution in [0.3, 0.4) is 0 Å². The molecular weight excluding hydrogens is 314 g/mol. The summed E-state index contributed by atoms with van der Waals surface area (Å²) in [6, 6.07) is 7.84. The third-order valence-corrected chi connectivity index (χ3v) is 4.92. The number of hydrogen-bond acceptors (Lipinski definition) is 4. The molecule has 1 aromatic rings. The molecule has 0 radical (unpaired) electrons. The highest BCUT2D eigenvalue weighted by atomic mass is 79.9. The van der Waals surface area contributed by atoms with E-state index in [0.29, 0.717) is 5.25 Å². The Labute approximate surface area is 120 Å². The average molecular weight is 330 g/mol. The number of anilines is 1. The molecule has 0 amide bonds. The van der Waals surface area contributed by atoms with Gasteiger partial charge in [-0.3, -0.25) is 0 Å². The number of methoxy groups -OCH3 is 1. The summed E-state index contributed by atoms with van der Waals surface area (Å²) in [5, 5.41) is 3.81. The summed E-state index contributed by atoms with van der Waals surface area (Å²) >= 11 is 5.23. The fourth-order valence-electron chi connectivity index (χ4n) is 2.21. The van der Waals surface area contributed by atoms with Gasteiger partial charge in [-0.15, -0.1) is 0 Å². The molecule has 2 atom stereocenters. The molecule has 0 bridgehead atoms. The minimum absolute atomic E-state index is 0.181. The lowest BCUT2D eigenvalue weighted by atomic mass is 9.96. The Bertz CT molecular complexity index is 454. The maximum Gasteiger partial charge on any atom is 0.332 e. The number of thioether (sulfide) groups is 1.